The van der Waals surface area contributed by atoms with Crippen molar-refractivity contribution >= 4 is 33.4 Å². The minimum absolute atomic E-state index is 0.100. The molecule has 0 radical (unpaired) electrons. The SMILES string of the molecule is CC(C)[C@H](NC(=O)c1c(F)cccc1F)C(=O)Nc1cccc(S(=O)(=O)/N=C2\CCCN2C)c1. The molecule has 2 aromatic rings. The second-order valence-electron chi connectivity index (χ2n) is 8.32. The number of amides is 2. The molecule has 34 heavy (non-hydrogen) atoms. The number of carbonyl (C=O) groups is 2. The lowest BCUT2D eigenvalue weighted by Gasteiger charge is -2.22. The number of rotatable bonds is 7. The first-order valence-electron chi connectivity index (χ1n) is 10.7. The van der Waals surface area contributed by atoms with E-state index in [1.165, 1.54) is 24.3 Å². The summed E-state index contributed by atoms with van der Waals surface area (Å²) in [7, 11) is -2.22. The van der Waals surface area contributed by atoms with Crippen molar-refractivity contribution in [2.24, 2.45) is 10.3 Å². The summed E-state index contributed by atoms with van der Waals surface area (Å²) in [5, 5.41) is 4.92. The largest absolute Gasteiger partial charge is 0.362 e. The molecule has 2 N–H and O–H groups in total. The van der Waals surface area contributed by atoms with Crippen molar-refractivity contribution in [3.8, 4) is 0 Å². The van der Waals surface area contributed by atoms with Crippen LogP contribution in [0.5, 0.6) is 0 Å². The molecule has 0 unspecified atom stereocenters. The molecule has 2 amide bonds. The first kappa shape index (κ1) is 25.3. The molecule has 1 saturated heterocycles. The second kappa shape index (κ2) is 10.3. The Bertz CT molecular complexity index is 1210. The third-order valence-electron chi connectivity index (χ3n) is 5.39. The van der Waals surface area contributed by atoms with E-state index in [-0.39, 0.29) is 10.6 Å². The van der Waals surface area contributed by atoms with Gasteiger partial charge in [0.2, 0.25) is 5.91 Å². The van der Waals surface area contributed by atoms with Crippen molar-refractivity contribution in [3.63, 3.8) is 0 Å². The number of sulfonamides is 1. The van der Waals surface area contributed by atoms with E-state index in [1.54, 1.807) is 25.8 Å². The smallest absolute Gasteiger partial charge is 0.284 e. The fourth-order valence-corrected chi connectivity index (χ4v) is 4.66. The van der Waals surface area contributed by atoms with E-state index in [4.69, 9.17) is 0 Å². The first-order chi connectivity index (χ1) is 16.0. The summed E-state index contributed by atoms with van der Waals surface area (Å²) in [5.41, 5.74) is -0.618. The van der Waals surface area contributed by atoms with Gasteiger partial charge in [-0.2, -0.15) is 8.42 Å². The molecule has 1 heterocycles. The van der Waals surface area contributed by atoms with Gasteiger partial charge in [0.05, 0.1) is 4.90 Å². The van der Waals surface area contributed by atoms with Crippen molar-refractivity contribution in [1.29, 1.82) is 0 Å². The van der Waals surface area contributed by atoms with Crippen molar-refractivity contribution in [2.75, 3.05) is 18.9 Å². The Labute approximate surface area is 197 Å². The number of hydrogen-bond donors (Lipinski definition) is 2. The van der Waals surface area contributed by atoms with Crippen LogP contribution in [0.4, 0.5) is 14.5 Å². The van der Waals surface area contributed by atoms with Gasteiger partial charge in [0.15, 0.2) is 0 Å². The zero-order valence-corrected chi connectivity index (χ0v) is 19.8. The Kier molecular flexibility index (Phi) is 7.65. The second-order valence-corrected chi connectivity index (χ2v) is 9.92. The Morgan fingerprint density at radius 1 is 1.09 bits per heavy atom. The Balaban J connectivity index is 1.79. The zero-order valence-electron chi connectivity index (χ0n) is 19.0. The molecule has 2 aromatic carbocycles. The van der Waals surface area contributed by atoms with Crippen LogP contribution in [0.2, 0.25) is 0 Å². The van der Waals surface area contributed by atoms with E-state index in [9.17, 15) is 26.8 Å². The molecule has 11 heteroatoms. The van der Waals surface area contributed by atoms with Gasteiger partial charge in [-0.15, -0.1) is 4.40 Å². The van der Waals surface area contributed by atoms with E-state index < -0.39 is 51.0 Å². The van der Waals surface area contributed by atoms with Crippen LogP contribution in [-0.4, -0.2) is 50.6 Å². The molecule has 0 aliphatic carbocycles. The summed E-state index contributed by atoms with van der Waals surface area (Å²) in [6.45, 7) is 4.03. The number of carbonyl (C=O) groups excluding carboxylic acids is 2. The van der Waals surface area contributed by atoms with Crippen LogP contribution in [0, 0.1) is 17.6 Å². The van der Waals surface area contributed by atoms with Crippen LogP contribution in [0.3, 0.4) is 0 Å². The molecule has 182 valence electrons. The zero-order chi connectivity index (χ0) is 25.0. The highest BCUT2D eigenvalue weighted by molar-refractivity contribution is 7.90. The van der Waals surface area contributed by atoms with Crippen molar-refractivity contribution < 1.29 is 26.8 Å². The van der Waals surface area contributed by atoms with Gasteiger partial charge in [-0.1, -0.05) is 26.0 Å². The van der Waals surface area contributed by atoms with E-state index in [1.807, 2.05) is 0 Å². The first-order valence-corrected chi connectivity index (χ1v) is 12.1. The van der Waals surface area contributed by atoms with E-state index in [0.29, 0.717) is 12.3 Å². The lowest BCUT2D eigenvalue weighted by atomic mass is 10.0. The highest BCUT2D eigenvalue weighted by Gasteiger charge is 2.28. The molecule has 0 bridgehead atoms. The summed E-state index contributed by atoms with van der Waals surface area (Å²) in [6.07, 6.45) is 1.38. The van der Waals surface area contributed by atoms with Crippen LogP contribution < -0.4 is 10.6 Å². The summed E-state index contributed by atoms with van der Waals surface area (Å²) < 4.78 is 57.3. The molecule has 8 nitrogen and oxygen atoms in total. The fourth-order valence-electron chi connectivity index (χ4n) is 3.52. The van der Waals surface area contributed by atoms with Gasteiger partial charge < -0.3 is 15.5 Å². The minimum atomic E-state index is -3.99. The molecule has 1 aliphatic rings. The molecule has 1 aliphatic heterocycles. The lowest BCUT2D eigenvalue weighted by Crippen LogP contribution is -2.47. The van der Waals surface area contributed by atoms with Gasteiger partial charge in [0, 0.05) is 25.7 Å². The Morgan fingerprint density at radius 2 is 1.74 bits per heavy atom. The lowest BCUT2D eigenvalue weighted by molar-refractivity contribution is -0.118. The summed E-state index contributed by atoms with van der Waals surface area (Å²) in [5.74, 6) is -3.80. The van der Waals surface area contributed by atoms with Crippen molar-refractivity contribution in [3.05, 3.63) is 59.7 Å². The van der Waals surface area contributed by atoms with Gasteiger partial charge in [-0.05, 0) is 42.7 Å². The van der Waals surface area contributed by atoms with E-state index in [0.717, 1.165) is 31.2 Å². The van der Waals surface area contributed by atoms with Crippen LogP contribution in [-0.2, 0) is 14.8 Å². The van der Waals surface area contributed by atoms with E-state index >= 15 is 0 Å². The number of benzene rings is 2. The van der Waals surface area contributed by atoms with Crippen molar-refractivity contribution in [2.45, 2.75) is 37.6 Å². The van der Waals surface area contributed by atoms with Gasteiger partial charge in [-0.25, -0.2) is 8.78 Å². The van der Waals surface area contributed by atoms with Crippen LogP contribution in [0.25, 0.3) is 0 Å². The molecular weight excluding hydrogens is 466 g/mol. The van der Waals surface area contributed by atoms with Crippen LogP contribution in [0.15, 0.2) is 51.8 Å². The number of amidine groups is 1. The third-order valence-corrected chi connectivity index (χ3v) is 6.69. The number of halogens is 2. The predicted molar refractivity (Wildman–Crippen MR) is 124 cm³/mol. The maximum absolute atomic E-state index is 14.0. The highest BCUT2D eigenvalue weighted by atomic mass is 32.2. The molecule has 0 aromatic heterocycles. The average molecular weight is 493 g/mol. The predicted octanol–water partition coefficient (Wildman–Crippen LogP) is 3.17. The Hall–Kier alpha value is -3.34. The highest BCUT2D eigenvalue weighted by Crippen LogP contribution is 2.21. The summed E-state index contributed by atoms with van der Waals surface area (Å²) >= 11 is 0. The third kappa shape index (κ3) is 5.77. The average Bonchev–Trinajstić information content (AvgIpc) is 3.15. The number of hydrogen-bond acceptors (Lipinski definition) is 4. The minimum Gasteiger partial charge on any atom is -0.362 e. The monoisotopic (exact) mass is 492 g/mol. The Morgan fingerprint density at radius 3 is 2.32 bits per heavy atom. The molecule has 1 atom stereocenters. The molecular formula is C23H26F2N4O4S. The molecule has 0 saturated carbocycles. The number of nitrogens with zero attached hydrogens (tertiary/aromatic N) is 2. The quantitative estimate of drug-likeness (QED) is 0.617. The van der Waals surface area contributed by atoms with E-state index in [2.05, 4.69) is 15.0 Å². The number of anilines is 1. The van der Waals surface area contributed by atoms with Gasteiger partial charge in [-0.3, -0.25) is 9.59 Å². The number of likely N-dealkylation sites (tertiary alicyclic amines) is 1. The molecule has 3 rings (SSSR count). The van der Waals surface area contributed by atoms with Gasteiger partial charge in [0.25, 0.3) is 15.9 Å². The molecule has 0 spiro atoms. The van der Waals surface area contributed by atoms with Gasteiger partial charge in [0.1, 0.15) is 29.1 Å². The fraction of sp³-hybridized carbons (Fsp3) is 0.348. The maximum atomic E-state index is 14.0. The standard InChI is InChI=1S/C23H26F2N4O4S/c1-14(2)21(27-22(30)20-17(24)9-5-10-18(20)25)23(31)26-15-7-4-8-16(13-15)34(32,33)28-19-11-6-12-29(19)3/h4-5,7-10,13-14,21H,6,11-12H2,1-3H3,(H,26,31)(H,27,30)/b28-19+/t21-/m0/s1. The maximum Gasteiger partial charge on any atom is 0.284 e. The summed E-state index contributed by atoms with van der Waals surface area (Å²) in [4.78, 5) is 27.0. The van der Waals surface area contributed by atoms with Crippen LogP contribution >= 0.6 is 0 Å². The normalized spacial score (nSPS) is 16.1. The van der Waals surface area contributed by atoms with Crippen molar-refractivity contribution in [1.82, 2.24) is 10.2 Å². The molecule has 1 fully saturated rings. The van der Waals surface area contributed by atoms with Gasteiger partial charge >= 0.3 is 0 Å². The topological polar surface area (TPSA) is 108 Å². The summed E-state index contributed by atoms with van der Waals surface area (Å²) in [6, 6.07) is 7.46. The number of nitrogens with one attached hydrogen (secondary N) is 2. The van der Waals surface area contributed by atoms with Crippen LogP contribution in [0.1, 0.15) is 37.0 Å².